The average molecular weight is 436 g/mol. The Labute approximate surface area is 181 Å². The molecular weight excluding hydrogens is 422 g/mol. The summed E-state index contributed by atoms with van der Waals surface area (Å²) in [4.78, 5) is 49.6. The summed E-state index contributed by atoms with van der Waals surface area (Å²) in [6.45, 7) is -0.148. The van der Waals surface area contributed by atoms with Gasteiger partial charge in [0.25, 0.3) is 23.4 Å². The minimum Gasteiger partial charge on any atom is -0.267 e. The number of nitro groups is 1. The van der Waals surface area contributed by atoms with Crippen LogP contribution in [0.1, 0.15) is 36.6 Å². The quantitative estimate of drug-likeness (QED) is 0.341. The highest BCUT2D eigenvalue weighted by molar-refractivity contribution is 6.30. The lowest BCUT2D eigenvalue weighted by Crippen LogP contribution is -2.49. The van der Waals surface area contributed by atoms with Crippen molar-refractivity contribution < 1.29 is 19.3 Å². The molecule has 0 bridgehead atoms. The summed E-state index contributed by atoms with van der Waals surface area (Å²) in [5.74, 6) is -1.83. The molecule has 9 heteroatoms. The first kappa shape index (κ1) is 20.2. The van der Waals surface area contributed by atoms with Crippen molar-refractivity contribution in [1.29, 1.82) is 0 Å². The van der Waals surface area contributed by atoms with Crippen LogP contribution in [0.5, 0.6) is 0 Å². The predicted molar refractivity (Wildman–Crippen MR) is 111 cm³/mol. The van der Waals surface area contributed by atoms with Crippen LogP contribution in [0.2, 0.25) is 5.02 Å². The summed E-state index contributed by atoms with van der Waals surface area (Å²) < 4.78 is 0. The van der Waals surface area contributed by atoms with Crippen molar-refractivity contribution in [3.63, 3.8) is 0 Å². The second kappa shape index (κ2) is 8.00. The van der Waals surface area contributed by atoms with Crippen LogP contribution in [0.4, 0.5) is 5.69 Å². The van der Waals surface area contributed by atoms with Gasteiger partial charge in [-0.2, -0.15) is 5.01 Å². The Morgan fingerprint density at radius 2 is 1.45 bits per heavy atom. The minimum absolute atomic E-state index is 0.111. The molecule has 0 fully saturated rings. The molecule has 8 nitrogen and oxygen atoms in total. The zero-order chi connectivity index (χ0) is 22.1. The number of hydrogen-bond donors (Lipinski definition) is 0. The summed E-state index contributed by atoms with van der Waals surface area (Å²) in [7, 11) is 0. The number of halogens is 1. The standard InChI is InChI=1S/C22H14ClN3O5/c23-16-9-7-15(8-10-16)20(27)24(13-14-5-11-17(12-6-14)26(30)31)25-21(28)18-3-1-2-4-19(18)22(25)29/h1-12H,13H2. The highest BCUT2D eigenvalue weighted by atomic mass is 35.5. The normalized spacial score (nSPS) is 12.6. The number of amides is 3. The summed E-state index contributed by atoms with van der Waals surface area (Å²) >= 11 is 5.90. The van der Waals surface area contributed by atoms with Gasteiger partial charge in [0, 0.05) is 22.7 Å². The number of imide groups is 1. The lowest BCUT2D eigenvalue weighted by Gasteiger charge is -2.30. The summed E-state index contributed by atoms with van der Waals surface area (Å²) in [6, 6.07) is 17.9. The fourth-order valence-electron chi connectivity index (χ4n) is 3.27. The van der Waals surface area contributed by atoms with E-state index in [0.717, 1.165) is 10.0 Å². The van der Waals surface area contributed by atoms with Gasteiger partial charge in [0.1, 0.15) is 0 Å². The van der Waals surface area contributed by atoms with Gasteiger partial charge in [-0.3, -0.25) is 24.5 Å². The van der Waals surface area contributed by atoms with Gasteiger partial charge in [0.2, 0.25) is 0 Å². The van der Waals surface area contributed by atoms with Crippen LogP contribution in [0, 0.1) is 10.1 Å². The number of nitro benzene ring substituents is 1. The second-order valence-corrected chi connectivity index (χ2v) is 7.20. The van der Waals surface area contributed by atoms with Gasteiger partial charge in [0.15, 0.2) is 0 Å². The number of carbonyl (C=O) groups is 3. The molecule has 0 aromatic heterocycles. The number of hydrogen-bond acceptors (Lipinski definition) is 5. The molecule has 3 aromatic rings. The summed E-state index contributed by atoms with van der Waals surface area (Å²) in [5, 5.41) is 13.2. The van der Waals surface area contributed by atoms with Crippen molar-refractivity contribution >= 4 is 35.0 Å². The molecule has 154 valence electrons. The van der Waals surface area contributed by atoms with Crippen molar-refractivity contribution in [2.24, 2.45) is 0 Å². The third-order valence-corrected chi connectivity index (χ3v) is 5.07. The Balaban J connectivity index is 1.73. The zero-order valence-electron chi connectivity index (χ0n) is 15.9. The van der Waals surface area contributed by atoms with Crippen molar-refractivity contribution in [3.05, 3.63) is 110 Å². The minimum atomic E-state index is -0.621. The van der Waals surface area contributed by atoms with Crippen molar-refractivity contribution in [2.45, 2.75) is 6.54 Å². The van der Waals surface area contributed by atoms with E-state index < -0.39 is 22.6 Å². The Kier molecular flexibility index (Phi) is 5.22. The van der Waals surface area contributed by atoms with E-state index in [9.17, 15) is 24.5 Å². The smallest absolute Gasteiger partial charge is 0.267 e. The predicted octanol–water partition coefficient (Wildman–Crippen LogP) is 4.10. The third kappa shape index (κ3) is 3.76. The Hall–Kier alpha value is -4.04. The van der Waals surface area contributed by atoms with Crippen LogP contribution in [0.25, 0.3) is 0 Å². The number of fused-ring (bicyclic) bond motifs is 1. The molecule has 0 saturated carbocycles. The van der Waals surface area contributed by atoms with Gasteiger partial charge >= 0.3 is 0 Å². The molecule has 0 unspecified atom stereocenters. The van der Waals surface area contributed by atoms with Crippen molar-refractivity contribution in [1.82, 2.24) is 10.0 Å². The third-order valence-electron chi connectivity index (χ3n) is 4.82. The molecule has 1 aliphatic heterocycles. The number of non-ortho nitro benzene ring substituents is 1. The highest BCUT2D eigenvalue weighted by Gasteiger charge is 2.41. The van der Waals surface area contributed by atoms with E-state index in [0.29, 0.717) is 10.6 Å². The molecule has 0 aliphatic carbocycles. The SMILES string of the molecule is O=C(c1ccc(Cl)cc1)N(Cc1ccc([N+](=O)[O-])cc1)N1C(=O)c2ccccc2C1=O. The van der Waals surface area contributed by atoms with Crippen LogP contribution in [0.15, 0.2) is 72.8 Å². The second-order valence-electron chi connectivity index (χ2n) is 6.76. The molecule has 3 amide bonds. The van der Waals surface area contributed by atoms with E-state index in [4.69, 9.17) is 11.6 Å². The van der Waals surface area contributed by atoms with E-state index >= 15 is 0 Å². The van der Waals surface area contributed by atoms with Crippen molar-refractivity contribution in [3.8, 4) is 0 Å². The molecule has 3 aromatic carbocycles. The number of carbonyl (C=O) groups excluding carboxylic acids is 3. The van der Waals surface area contributed by atoms with Crippen molar-refractivity contribution in [2.75, 3.05) is 0 Å². The summed E-state index contributed by atoms with van der Waals surface area (Å²) in [6.07, 6.45) is 0. The topological polar surface area (TPSA) is 101 Å². The number of benzene rings is 3. The molecule has 0 N–H and O–H groups in total. The number of hydrazine groups is 1. The fraction of sp³-hybridized carbons (Fsp3) is 0.0455. The largest absolute Gasteiger partial charge is 0.280 e. The molecule has 0 saturated heterocycles. The van der Waals surface area contributed by atoms with E-state index in [1.807, 2.05) is 0 Å². The average Bonchev–Trinajstić information content (AvgIpc) is 3.03. The molecule has 0 spiro atoms. The van der Waals surface area contributed by atoms with Gasteiger partial charge in [-0.15, -0.1) is 0 Å². The van der Waals surface area contributed by atoms with Crippen LogP contribution in [0.3, 0.4) is 0 Å². The molecular formula is C22H14ClN3O5. The van der Waals surface area contributed by atoms with Gasteiger partial charge < -0.3 is 0 Å². The van der Waals surface area contributed by atoms with Crippen LogP contribution in [-0.4, -0.2) is 32.7 Å². The zero-order valence-corrected chi connectivity index (χ0v) is 16.7. The van der Waals surface area contributed by atoms with Gasteiger partial charge in [-0.05, 0) is 42.0 Å². The van der Waals surface area contributed by atoms with E-state index in [1.165, 1.54) is 60.7 Å². The molecule has 4 rings (SSSR count). The Morgan fingerprint density at radius 1 is 0.903 bits per heavy atom. The molecule has 1 aliphatic rings. The maximum atomic E-state index is 13.3. The van der Waals surface area contributed by atoms with Crippen LogP contribution in [-0.2, 0) is 6.54 Å². The molecule has 31 heavy (non-hydrogen) atoms. The Morgan fingerprint density at radius 3 is 1.97 bits per heavy atom. The lowest BCUT2D eigenvalue weighted by atomic mass is 10.1. The van der Waals surface area contributed by atoms with E-state index in [-0.39, 0.29) is 28.9 Å². The maximum absolute atomic E-state index is 13.3. The first-order chi connectivity index (χ1) is 14.9. The maximum Gasteiger partial charge on any atom is 0.280 e. The monoisotopic (exact) mass is 435 g/mol. The summed E-state index contributed by atoms with van der Waals surface area (Å²) in [5.41, 5.74) is 1.02. The first-order valence-corrected chi connectivity index (χ1v) is 9.53. The molecule has 1 heterocycles. The molecule has 0 radical (unpaired) electrons. The highest BCUT2D eigenvalue weighted by Crippen LogP contribution is 2.27. The fourth-order valence-corrected chi connectivity index (χ4v) is 3.39. The van der Waals surface area contributed by atoms with Crippen LogP contribution >= 0.6 is 11.6 Å². The number of nitrogens with zero attached hydrogens (tertiary/aromatic N) is 3. The van der Waals surface area contributed by atoms with Gasteiger partial charge in [-0.1, -0.05) is 35.9 Å². The van der Waals surface area contributed by atoms with Gasteiger partial charge in [0.05, 0.1) is 22.6 Å². The van der Waals surface area contributed by atoms with E-state index in [2.05, 4.69) is 0 Å². The molecule has 0 atom stereocenters. The number of rotatable bonds is 5. The Bertz CT molecular complexity index is 1170. The van der Waals surface area contributed by atoms with Crippen LogP contribution < -0.4 is 0 Å². The van der Waals surface area contributed by atoms with Gasteiger partial charge in [-0.25, -0.2) is 5.01 Å². The first-order valence-electron chi connectivity index (χ1n) is 9.15. The van der Waals surface area contributed by atoms with E-state index in [1.54, 1.807) is 12.1 Å². The lowest BCUT2D eigenvalue weighted by molar-refractivity contribution is -0.384.